The minimum absolute atomic E-state index is 0.0314. The fourth-order valence-electron chi connectivity index (χ4n) is 4.31. The highest BCUT2D eigenvalue weighted by molar-refractivity contribution is 5.89. The smallest absolute Gasteiger partial charge is 0.313 e. The zero-order chi connectivity index (χ0) is 25.2. The van der Waals surface area contributed by atoms with Gasteiger partial charge in [-0.3, -0.25) is 0 Å². The predicted molar refractivity (Wildman–Crippen MR) is 120 cm³/mol. The summed E-state index contributed by atoms with van der Waals surface area (Å²) < 4.78 is 77.5. The second-order valence-corrected chi connectivity index (χ2v) is 8.43. The van der Waals surface area contributed by atoms with Crippen LogP contribution in [0.2, 0.25) is 0 Å². The van der Waals surface area contributed by atoms with Gasteiger partial charge in [-0.05, 0) is 72.4 Å². The summed E-state index contributed by atoms with van der Waals surface area (Å²) in [5.41, 5.74) is 1.10. The van der Waals surface area contributed by atoms with E-state index in [-0.39, 0.29) is 18.3 Å². The number of aryl methyl sites for hydroxylation is 1. The van der Waals surface area contributed by atoms with Gasteiger partial charge in [0, 0.05) is 12.2 Å². The molecule has 0 saturated heterocycles. The fraction of sp³-hybridized carbons (Fsp3) is 0.269. The third kappa shape index (κ3) is 5.78. The van der Waals surface area contributed by atoms with Gasteiger partial charge in [0.1, 0.15) is 0 Å². The summed E-state index contributed by atoms with van der Waals surface area (Å²) in [6.07, 6.45) is -6.65. The number of benzene rings is 3. The highest BCUT2D eigenvalue weighted by atomic mass is 19.4. The monoisotopic (exact) mass is 492 g/mol. The summed E-state index contributed by atoms with van der Waals surface area (Å²) in [4.78, 5) is 14.9. The molecule has 3 nitrogen and oxygen atoms in total. The number of anilines is 1. The van der Waals surface area contributed by atoms with Crippen LogP contribution >= 0.6 is 0 Å². The van der Waals surface area contributed by atoms with Gasteiger partial charge in [0.15, 0.2) is 0 Å². The third-order valence-corrected chi connectivity index (χ3v) is 6.07. The van der Waals surface area contributed by atoms with Crippen LogP contribution in [0.1, 0.15) is 46.7 Å². The molecule has 3 aromatic rings. The molecule has 3 aromatic carbocycles. The Bertz CT molecular complexity index is 1170. The Morgan fingerprint density at radius 2 is 1.40 bits per heavy atom. The van der Waals surface area contributed by atoms with Gasteiger partial charge in [0.25, 0.3) is 0 Å². The van der Waals surface area contributed by atoms with Crippen LogP contribution in [0.3, 0.4) is 0 Å². The van der Waals surface area contributed by atoms with E-state index in [1.54, 1.807) is 0 Å². The van der Waals surface area contributed by atoms with Gasteiger partial charge in [0.2, 0.25) is 0 Å². The predicted octanol–water partition coefficient (Wildman–Crippen LogP) is 7.84. The van der Waals surface area contributed by atoms with Crippen LogP contribution in [0.5, 0.6) is 0 Å². The molecule has 1 N–H and O–H groups in total. The highest BCUT2D eigenvalue weighted by Gasteiger charge is 2.32. The molecule has 0 aliphatic heterocycles. The average Bonchev–Trinajstić information content (AvgIpc) is 2.82. The van der Waals surface area contributed by atoms with E-state index in [2.05, 4.69) is 5.32 Å². The molecule has 0 heterocycles. The number of hydrogen-bond acceptors (Lipinski definition) is 1. The summed E-state index contributed by atoms with van der Waals surface area (Å²) in [7, 11) is 0. The Hall–Kier alpha value is -3.49. The quantitative estimate of drug-likeness (QED) is 0.370. The maximum absolute atomic E-state index is 13.3. The van der Waals surface area contributed by atoms with E-state index in [4.69, 9.17) is 0 Å². The molecule has 4 rings (SSSR count). The number of fused-ring (bicyclic) bond motifs is 1. The molecule has 2 amide bonds. The summed E-state index contributed by atoms with van der Waals surface area (Å²) in [5.74, 6) is 0. The van der Waals surface area contributed by atoms with E-state index in [9.17, 15) is 31.1 Å². The molecule has 9 heteroatoms. The molecule has 0 bridgehead atoms. The van der Waals surface area contributed by atoms with Crippen molar-refractivity contribution in [1.82, 2.24) is 4.90 Å². The van der Waals surface area contributed by atoms with Crippen LogP contribution in [-0.4, -0.2) is 10.9 Å². The first-order valence-corrected chi connectivity index (χ1v) is 11.0. The van der Waals surface area contributed by atoms with Crippen LogP contribution in [-0.2, 0) is 25.3 Å². The van der Waals surface area contributed by atoms with Crippen molar-refractivity contribution in [3.63, 3.8) is 0 Å². The summed E-state index contributed by atoms with van der Waals surface area (Å²) >= 11 is 0. The lowest BCUT2D eigenvalue weighted by Gasteiger charge is -2.36. The molecule has 0 fully saturated rings. The minimum atomic E-state index is -4.50. The lowest BCUT2D eigenvalue weighted by molar-refractivity contribution is -0.138. The molecule has 0 radical (unpaired) electrons. The number of carbonyl (C=O) groups is 1. The molecule has 184 valence electrons. The van der Waals surface area contributed by atoms with Crippen molar-refractivity contribution in [2.45, 2.75) is 44.2 Å². The Kier molecular flexibility index (Phi) is 6.78. The topological polar surface area (TPSA) is 32.3 Å². The summed E-state index contributed by atoms with van der Waals surface area (Å²) in [6.45, 7) is 0.0314. The number of rotatable bonds is 4. The van der Waals surface area contributed by atoms with Crippen LogP contribution in [0.15, 0.2) is 72.8 Å². The van der Waals surface area contributed by atoms with E-state index >= 15 is 0 Å². The number of nitrogens with zero attached hydrogens (tertiary/aromatic N) is 1. The van der Waals surface area contributed by atoms with Crippen molar-refractivity contribution >= 4 is 11.7 Å². The molecule has 0 aromatic heterocycles. The number of carbonyl (C=O) groups excluding carboxylic acids is 1. The second kappa shape index (κ2) is 9.64. The Morgan fingerprint density at radius 3 is 2.00 bits per heavy atom. The average molecular weight is 492 g/mol. The van der Waals surface area contributed by atoms with Gasteiger partial charge in [-0.2, -0.15) is 26.3 Å². The van der Waals surface area contributed by atoms with Crippen LogP contribution in [0.25, 0.3) is 0 Å². The van der Waals surface area contributed by atoms with Crippen LogP contribution < -0.4 is 5.32 Å². The minimum Gasteiger partial charge on any atom is -0.313 e. The first-order valence-electron chi connectivity index (χ1n) is 11.0. The number of halogens is 6. The van der Waals surface area contributed by atoms with E-state index < -0.39 is 29.5 Å². The van der Waals surface area contributed by atoms with Gasteiger partial charge >= 0.3 is 18.4 Å². The number of amides is 2. The number of nitrogens with one attached hydrogen (secondary N) is 1. The van der Waals surface area contributed by atoms with Gasteiger partial charge in [0.05, 0.1) is 17.2 Å². The van der Waals surface area contributed by atoms with Gasteiger partial charge in [-0.25, -0.2) is 4.79 Å². The molecule has 1 unspecified atom stereocenters. The molecular formula is C26H22F6N2O. The van der Waals surface area contributed by atoms with E-state index in [1.807, 2.05) is 24.3 Å². The fourth-order valence-corrected chi connectivity index (χ4v) is 4.31. The molecule has 1 atom stereocenters. The van der Waals surface area contributed by atoms with Gasteiger partial charge < -0.3 is 10.2 Å². The van der Waals surface area contributed by atoms with E-state index in [0.717, 1.165) is 48.2 Å². The van der Waals surface area contributed by atoms with Crippen molar-refractivity contribution in [2.75, 3.05) is 5.32 Å². The standard InChI is InChI=1S/C26H22F6N2O/c27-25(28,29)19-10-8-17(9-11-19)16-34(23-7-3-5-18-4-1-2-6-22(18)23)24(35)33-21-14-12-20(13-15-21)26(30,31)32/h1-2,4,6,8-15,23H,3,5,7,16H2,(H,33,35). The van der Waals surface area contributed by atoms with Crippen molar-refractivity contribution in [3.05, 3.63) is 101 Å². The zero-order valence-electron chi connectivity index (χ0n) is 18.5. The maximum atomic E-state index is 13.3. The zero-order valence-corrected chi connectivity index (χ0v) is 18.5. The molecule has 1 aliphatic carbocycles. The lowest BCUT2D eigenvalue weighted by Crippen LogP contribution is -2.39. The Morgan fingerprint density at radius 1 is 0.829 bits per heavy atom. The third-order valence-electron chi connectivity index (χ3n) is 6.07. The number of urea groups is 1. The van der Waals surface area contributed by atoms with Gasteiger partial charge in [-0.15, -0.1) is 0 Å². The maximum Gasteiger partial charge on any atom is 0.416 e. The molecular weight excluding hydrogens is 470 g/mol. The second-order valence-electron chi connectivity index (χ2n) is 8.43. The van der Waals surface area contributed by atoms with Crippen molar-refractivity contribution < 1.29 is 31.1 Å². The van der Waals surface area contributed by atoms with E-state index in [0.29, 0.717) is 12.0 Å². The van der Waals surface area contributed by atoms with Crippen molar-refractivity contribution in [1.29, 1.82) is 0 Å². The summed E-state index contributed by atoms with van der Waals surface area (Å²) in [5, 5.41) is 2.64. The van der Waals surface area contributed by atoms with Crippen LogP contribution in [0.4, 0.5) is 36.8 Å². The van der Waals surface area contributed by atoms with Crippen molar-refractivity contribution in [2.24, 2.45) is 0 Å². The van der Waals surface area contributed by atoms with E-state index in [1.165, 1.54) is 29.2 Å². The molecule has 35 heavy (non-hydrogen) atoms. The Labute approximate surface area is 198 Å². The largest absolute Gasteiger partial charge is 0.416 e. The Balaban J connectivity index is 1.62. The first kappa shape index (κ1) is 24.6. The summed E-state index contributed by atoms with van der Waals surface area (Å²) in [6, 6.07) is 15.5. The molecule has 0 saturated carbocycles. The SMILES string of the molecule is O=C(Nc1ccc(C(F)(F)F)cc1)N(Cc1ccc(C(F)(F)F)cc1)C1CCCc2ccccc21. The molecule has 0 spiro atoms. The highest BCUT2D eigenvalue weighted by Crippen LogP contribution is 2.36. The van der Waals surface area contributed by atoms with Crippen molar-refractivity contribution in [3.8, 4) is 0 Å². The van der Waals surface area contributed by atoms with Crippen LogP contribution in [0, 0.1) is 0 Å². The lowest BCUT2D eigenvalue weighted by atomic mass is 9.86. The normalized spacial score (nSPS) is 15.9. The number of hydrogen-bond donors (Lipinski definition) is 1. The first-order chi connectivity index (χ1) is 16.5. The number of alkyl halides is 6. The molecule has 1 aliphatic rings. The van der Waals surface area contributed by atoms with Gasteiger partial charge in [-0.1, -0.05) is 36.4 Å².